The van der Waals surface area contributed by atoms with Gasteiger partial charge in [0.15, 0.2) is 0 Å². The first-order valence-corrected chi connectivity index (χ1v) is 3.52. The Morgan fingerprint density at radius 2 is 2.08 bits per heavy atom. The third-order valence-electron chi connectivity index (χ3n) is 1.31. The molecule has 0 aromatic carbocycles. The van der Waals surface area contributed by atoms with Crippen LogP contribution in [0.25, 0.3) is 0 Å². The Labute approximate surface area is 77.5 Å². The smallest absolute Gasteiger partial charge is 0.246 e. The molecule has 0 amide bonds. The number of hydrogen-bond donors (Lipinski definition) is 0. The molecule has 0 radical (unpaired) electrons. The summed E-state index contributed by atoms with van der Waals surface area (Å²) in [6.45, 7) is 0. The van der Waals surface area contributed by atoms with Crippen LogP contribution >= 0.6 is 11.6 Å². The van der Waals surface area contributed by atoms with Crippen molar-refractivity contribution in [3.05, 3.63) is 28.5 Å². The van der Waals surface area contributed by atoms with E-state index in [0.29, 0.717) is 6.20 Å². The van der Waals surface area contributed by atoms with Crippen LogP contribution in [-0.2, 0) is 6.18 Å². The van der Waals surface area contributed by atoms with Crippen LogP contribution in [0, 0.1) is 12.3 Å². The summed E-state index contributed by atoms with van der Waals surface area (Å²) in [4.78, 5) is 3.38. The van der Waals surface area contributed by atoms with E-state index in [2.05, 4.69) is 10.9 Å². The topological polar surface area (TPSA) is 12.9 Å². The van der Waals surface area contributed by atoms with Crippen LogP contribution < -0.4 is 0 Å². The second-order valence-electron chi connectivity index (χ2n) is 2.20. The zero-order valence-electron chi connectivity index (χ0n) is 6.19. The molecule has 0 unspecified atom stereocenters. The molecule has 0 bridgehead atoms. The van der Waals surface area contributed by atoms with Crippen LogP contribution in [-0.4, -0.2) is 4.98 Å². The van der Waals surface area contributed by atoms with Gasteiger partial charge < -0.3 is 0 Å². The minimum atomic E-state index is -4.44. The van der Waals surface area contributed by atoms with Crippen molar-refractivity contribution in [1.29, 1.82) is 0 Å². The molecule has 0 fully saturated rings. The molecule has 0 aliphatic carbocycles. The van der Waals surface area contributed by atoms with E-state index >= 15 is 0 Å². The molecule has 0 N–H and O–H groups in total. The highest BCUT2D eigenvalue weighted by atomic mass is 35.5. The maximum atomic E-state index is 12.1. The van der Waals surface area contributed by atoms with Gasteiger partial charge in [0, 0.05) is 6.20 Å². The maximum Gasteiger partial charge on any atom is 0.417 e. The number of pyridine rings is 1. The molecule has 5 heteroatoms. The Morgan fingerprint density at radius 3 is 2.46 bits per heavy atom. The molecule has 13 heavy (non-hydrogen) atoms. The Hall–Kier alpha value is -1.21. The van der Waals surface area contributed by atoms with E-state index in [1.165, 1.54) is 0 Å². The predicted molar refractivity (Wildman–Crippen MR) is 42.2 cm³/mol. The first-order chi connectivity index (χ1) is 5.95. The van der Waals surface area contributed by atoms with E-state index in [1.807, 2.05) is 0 Å². The second kappa shape index (κ2) is 3.27. The van der Waals surface area contributed by atoms with Crippen molar-refractivity contribution in [3.63, 3.8) is 0 Å². The standard InChI is InChI=1S/C8H3ClF3N/c1-2-7-6(9)3-5(4-13-7)8(10,11)12/h1,3-4H. The van der Waals surface area contributed by atoms with E-state index in [4.69, 9.17) is 18.0 Å². The summed E-state index contributed by atoms with van der Waals surface area (Å²) < 4.78 is 36.2. The van der Waals surface area contributed by atoms with Gasteiger partial charge in [-0.3, -0.25) is 0 Å². The molecule has 0 aliphatic heterocycles. The van der Waals surface area contributed by atoms with Gasteiger partial charge in [-0.1, -0.05) is 11.6 Å². The van der Waals surface area contributed by atoms with Gasteiger partial charge in [-0.25, -0.2) is 4.98 Å². The van der Waals surface area contributed by atoms with Crippen molar-refractivity contribution in [2.24, 2.45) is 0 Å². The summed E-state index contributed by atoms with van der Waals surface area (Å²) in [6, 6.07) is 0.754. The SMILES string of the molecule is C#Cc1ncc(C(F)(F)F)cc1Cl. The van der Waals surface area contributed by atoms with Crippen LogP contribution in [0.5, 0.6) is 0 Å². The fourth-order valence-electron chi connectivity index (χ4n) is 0.699. The highest BCUT2D eigenvalue weighted by molar-refractivity contribution is 6.31. The summed E-state index contributed by atoms with van der Waals surface area (Å²) in [5.41, 5.74) is -0.897. The minimum absolute atomic E-state index is 0.00895. The second-order valence-corrected chi connectivity index (χ2v) is 2.60. The number of alkyl halides is 3. The lowest BCUT2D eigenvalue weighted by molar-refractivity contribution is -0.137. The first-order valence-electron chi connectivity index (χ1n) is 3.14. The van der Waals surface area contributed by atoms with Crippen molar-refractivity contribution in [3.8, 4) is 12.3 Å². The third-order valence-corrected chi connectivity index (χ3v) is 1.59. The summed E-state index contributed by atoms with van der Waals surface area (Å²) in [6.07, 6.45) is 1.14. The van der Waals surface area contributed by atoms with Gasteiger partial charge >= 0.3 is 6.18 Å². The van der Waals surface area contributed by atoms with E-state index in [0.717, 1.165) is 6.07 Å². The minimum Gasteiger partial charge on any atom is -0.246 e. The number of rotatable bonds is 0. The summed E-state index contributed by atoms with van der Waals surface area (Å²) >= 11 is 5.43. The largest absolute Gasteiger partial charge is 0.417 e. The molecule has 0 saturated carbocycles. The third kappa shape index (κ3) is 2.13. The van der Waals surface area contributed by atoms with Gasteiger partial charge in [0.25, 0.3) is 0 Å². The fraction of sp³-hybridized carbons (Fsp3) is 0.125. The number of halogens is 4. The molecule has 1 aromatic rings. The normalized spacial score (nSPS) is 11.0. The average Bonchev–Trinajstić information content (AvgIpc) is 2.02. The molecule has 0 saturated heterocycles. The van der Waals surface area contributed by atoms with Crippen LogP contribution in [0.15, 0.2) is 12.3 Å². The van der Waals surface area contributed by atoms with Crippen molar-refractivity contribution in [2.45, 2.75) is 6.18 Å². The Morgan fingerprint density at radius 1 is 1.46 bits per heavy atom. The van der Waals surface area contributed by atoms with Crippen molar-refractivity contribution in [2.75, 3.05) is 0 Å². The summed E-state index contributed by atoms with van der Waals surface area (Å²) in [5, 5.41) is -0.169. The molecule has 1 heterocycles. The van der Waals surface area contributed by atoms with E-state index in [-0.39, 0.29) is 10.7 Å². The highest BCUT2D eigenvalue weighted by Crippen LogP contribution is 2.30. The van der Waals surface area contributed by atoms with Crippen LogP contribution in [0.1, 0.15) is 11.3 Å². The Balaban J connectivity index is 3.20. The molecule has 1 aromatic heterocycles. The number of hydrogen-bond acceptors (Lipinski definition) is 1. The number of aromatic nitrogens is 1. The van der Waals surface area contributed by atoms with Gasteiger partial charge in [0.1, 0.15) is 5.69 Å². The van der Waals surface area contributed by atoms with Crippen LogP contribution in [0.2, 0.25) is 5.02 Å². The van der Waals surface area contributed by atoms with Crippen molar-refractivity contribution < 1.29 is 13.2 Å². The van der Waals surface area contributed by atoms with Gasteiger partial charge in [0.05, 0.1) is 10.6 Å². The molecular formula is C8H3ClF3N. The van der Waals surface area contributed by atoms with Crippen LogP contribution in [0.3, 0.4) is 0 Å². The van der Waals surface area contributed by atoms with Gasteiger partial charge in [-0.2, -0.15) is 13.2 Å². The highest BCUT2D eigenvalue weighted by Gasteiger charge is 2.31. The average molecular weight is 206 g/mol. The lowest BCUT2D eigenvalue weighted by Crippen LogP contribution is -2.05. The Bertz CT molecular complexity index is 365. The zero-order valence-corrected chi connectivity index (χ0v) is 6.95. The molecule has 1 nitrogen and oxygen atoms in total. The Kier molecular flexibility index (Phi) is 2.48. The molecule has 1 rings (SSSR count). The van der Waals surface area contributed by atoms with E-state index in [9.17, 15) is 13.2 Å². The van der Waals surface area contributed by atoms with Crippen molar-refractivity contribution >= 4 is 11.6 Å². The predicted octanol–water partition coefficient (Wildman–Crippen LogP) is 2.74. The molecule has 68 valence electrons. The molecule has 0 spiro atoms. The van der Waals surface area contributed by atoms with Gasteiger partial charge in [0.2, 0.25) is 0 Å². The monoisotopic (exact) mass is 205 g/mol. The van der Waals surface area contributed by atoms with Crippen LogP contribution in [0.4, 0.5) is 13.2 Å². The maximum absolute atomic E-state index is 12.1. The van der Waals surface area contributed by atoms with E-state index in [1.54, 1.807) is 0 Å². The number of terminal acetylenes is 1. The first kappa shape index (κ1) is 9.87. The lowest BCUT2D eigenvalue weighted by Gasteiger charge is -2.06. The van der Waals surface area contributed by atoms with Gasteiger partial charge in [-0.15, -0.1) is 6.42 Å². The summed E-state index contributed by atoms with van der Waals surface area (Å²) in [7, 11) is 0. The molecule has 0 atom stereocenters. The zero-order chi connectivity index (χ0) is 10.1. The lowest BCUT2D eigenvalue weighted by atomic mass is 10.2. The fourth-order valence-corrected chi connectivity index (χ4v) is 0.920. The van der Waals surface area contributed by atoms with Crippen molar-refractivity contribution in [1.82, 2.24) is 4.98 Å². The number of nitrogens with zero attached hydrogens (tertiary/aromatic N) is 1. The van der Waals surface area contributed by atoms with E-state index < -0.39 is 11.7 Å². The van der Waals surface area contributed by atoms with Gasteiger partial charge in [-0.05, 0) is 12.0 Å². The molecule has 0 aliphatic rings. The quantitative estimate of drug-likeness (QED) is 0.594. The molecular weight excluding hydrogens is 203 g/mol. The summed E-state index contributed by atoms with van der Waals surface area (Å²) in [5.74, 6) is 2.06.